The van der Waals surface area contributed by atoms with Crippen LogP contribution in [-0.4, -0.2) is 17.4 Å². The molecule has 0 aromatic carbocycles. The second-order valence-electron chi connectivity index (χ2n) is 4.56. The molecule has 1 unspecified atom stereocenters. The molecule has 0 aliphatic heterocycles. The van der Waals surface area contributed by atoms with Crippen LogP contribution in [0.4, 0.5) is 0 Å². The summed E-state index contributed by atoms with van der Waals surface area (Å²) in [6.07, 6.45) is 3.04. The van der Waals surface area contributed by atoms with Gasteiger partial charge < -0.3 is 15.5 Å². The van der Waals surface area contributed by atoms with E-state index in [1.165, 1.54) is 6.26 Å². The SMILES string of the molecule is CCCNC(=O)c1coc(C(N)CC(C)C)n1. The summed E-state index contributed by atoms with van der Waals surface area (Å²) in [5.41, 5.74) is 6.22. The fourth-order valence-electron chi connectivity index (χ4n) is 1.50. The molecule has 96 valence electrons. The molecule has 0 radical (unpaired) electrons. The normalized spacial score (nSPS) is 12.8. The van der Waals surface area contributed by atoms with Gasteiger partial charge in [0.2, 0.25) is 5.89 Å². The highest BCUT2D eigenvalue weighted by atomic mass is 16.3. The smallest absolute Gasteiger partial charge is 0.273 e. The minimum Gasteiger partial charge on any atom is -0.446 e. The zero-order valence-electron chi connectivity index (χ0n) is 10.7. The van der Waals surface area contributed by atoms with Crippen molar-refractivity contribution in [3.8, 4) is 0 Å². The largest absolute Gasteiger partial charge is 0.446 e. The summed E-state index contributed by atoms with van der Waals surface area (Å²) in [5.74, 6) is 0.688. The van der Waals surface area contributed by atoms with E-state index in [9.17, 15) is 4.79 Å². The molecule has 0 spiro atoms. The molecule has 1 atom stereocenters. The van der Waals surface area contributed by atoms with Crippen molar-refractivity contribution in [1.29, 1.82) is 0 Å². The summed E-state index contributed by atoms with van der Waals surface area (Å²) >= 11 is 0. The summed E-state index contributed by atoms with van der Waals surface area (Å²) in [6, 6.07) is -0.247. The van der Waals surface area contributed by atoms with Crippen LogP contribution in [0.5, 0.6) is 0 Å². The highest BCUT2D eigenvalue weighted by Crippen LogP contribution is 2.17. The van der Waals surface area contributed by atoms with Crippen LogP contribution >= 0.6 is 0 Å². The lowest BCUT2D eigenvalue weighted by Gasteiger charge is -2.09. The summed E-state index contributed by atoms with van der Waals surface area (Å²) in [6.45, 7) is 6.79. The number of nitrogens with zero attached hydrogens (tertiary/aromatic N) is 1. The first-order chi connectivity index (χ1) is 8.04. The molecule has 1 amide bonds. The molecule has 0 aliphatic carbocycles. The number of hydrogen-bond donors (Lipinski definition) is 2. The maximum absolute atomic E-state index is 11.6. The fraction of sp³-hybridized carbons (Fsp3) is 0.667. The molecule has 3 N–H and O–H groups in total. The Labute approximate surface area is 102 Å². The van der Waals surface area contributed by atoms with Crippen molar-refractivity contribution >= 4 is 5.91 Å². The van der Waals surface area contributed by atoms with Crippen molar-refractivity contribution in [1.82, 2.24) is 10.3 Å². The van der Waals surface area contributed by atoms with Crippen molar-refractivity contribution in [2.45, 2.75) is 39.7 Å². The van der Waals surface area contributed by atoms with E-state index < -0.39 is 0 Å². The fourth-order valence-corrected chi connectivity index (χ4v) is 1.50. The number of carbonyl (C=O) groups is 1. The predicted octanol–water partition coefficient (Wildman–Crippen LogP) is 1.86. The molecule has 0 fully saturated rings. The first-order valence-electron chi connectivity index (χ1n) is 6.03. The van der Waals surface area contributed by atoms with Crippen LogP contribution in [0.25, 0.3) is 0 Å². The quantitative estimate of drug-likeness (QED) is 0.794. The summed E-state index contributed by atoms with van der Waals surface area (Å²) < 4.78 is 5.23. The number of nitrogens with two attached hydrogens (primary N) is 1. The molecule has 0 bridgehead atoms. The molecule has 5 heteroatoms. The average molecular weight is 239 g/mol. The maximum atomic E-state index is 11.6. The zero-order chi connectivity index (χ0) is 12.8. The molecule has 1 aromatic rings. The van der Waals surface area contributed by atoms with E-state index >= 15 is 0 Å². The average Bonchev–Trinajstić information content (AvgIpc) is 2.74. The van der Waals surface area contributed by atoms with Crippen LogP contribution in [0, 0.1) is 5.92 Å². The summed E-state index contributed by atoms with van der Waals surface area (Å²) in [4.78, 5) is 15.7. The second kappa shape index (κ2) is 6.39. The van der Waals surface area contributed by atoms with E-state index in [-0.39, 0.29) is 11.9 Å². The Hall–Kier alpha value is -1.36. The van der Waals surface area contributed by atoms with E-state index in [1.54, 1.807) is 0 Å². The minimum absolute atomic E-state index is 0.210. The van der Waals surface area contributed by atoms with E-state index in [1.807, 2.05) is 6.92 Å². The van der Waals surface area contributed by atoms with E-state index in [4.69, 9.17) is 10.2 Å². The van der Waals surface area contributed by atoms with E-state index in [2.05, 4.69) is 24.1 Å². The maximum Gasteiger partial charge on any atom is 0.273 e. The number of oxazole rings is 1. The van der Waals surface area contributed by atoms with Crippen molar-refractivity contribution in [3.05, 3.63) is 17.8 Å². The van der Waals surface area contributed by atoms with Gasteiger partial charge in [-0.3, -0.25) is 4.79 Å². The Kier molecular flexibility index (Phi) is 5.15. The minimum atomic E-state index is -0.247. The van der Waals surface area contributed by atoms with Crippen LogP contribution in [0.15, 0.2) is 10.7 Å². The number of aromatic nitrogens is 1. The Balaban J connectivity index is 2.61. The van der Waals surface area contributed by atoms with Gasteiger partial charge >= 0.3 is 0 Å². The highest BCUT2D eigenvalue weighted by Gasteiger charge is 2.17. The summed E-state index contributed by atoms with van der Waals surface area (Å²) in [7, 11) is 0. The van der Waals surface area contributed by atoms with Gasteiger partial charge in [-0.15, -0.1) is 0 Å². The Bertz CT molecular complexity index is 360. The third-order valence-corrected chi connectivity index (χ3v) is 2.33. The van der Waals surface area contributed by atoms with Gasteiger partial charge in [0.15, 0.2) is 5.69 Å². The Morgan fingerprint density at radius 1 is 1.59 bits per heavy atom. The molecule has 1 rings (SSSR count). The van der Waals surface area contributed by atoms with Crippen LogP contribution < -0.4 is 11.1 Å². The van der Waals surface area contributed by atoms with Gasteiger partial charge in [-0.05, 0) is 18.8 Å². The third kappa shape index (κ3) is 4.19. The molecule has 1 aromatic heterocycles. The molecular formula is C12H21N3O2. The summed E-state index contributed by atoms with van der Waals surface area (Å²) in [5, 5.41) is 2.74. The lowest BCUT2D eigenvalue weighted by molar-refractivity contribution is 0.0948. The van der Waals surface area contributed by atoms with E-state index in [0.29, 0.717) is 24.0 Å². The first-order valence-corrected chi connectivity index (χ1v) is 6.03. The van der Waals surface area contributed by atoms with Crippen molar-refractivity contribution in [2.75, 3.05) is 6.54 Å². The molecular weight excluding hydrogens is 218 g/mol. The zero-order valence-corrected chi connectivity index (χ0v) is 10.7. The van der Waals surface area contributed by atoms with Crippen molar-refractivity contribution in [3.63, 3.8) is 0 Å². The van der Waals surface area contributed by atoms with Gasteiger partial charge in [0, 0.05) is 6.54 Å². The predicted molar refractivity (Wildman–Crippen MR) is 65.5 cm³/mol. The third-order valence-electron chi connectivity index (χ3n) is 2.33. The highest BCUT2D eigenvalue weighted by molar-refractivity contribution is 5.91. The van der Waals surface area contributed by atoms with Gasteiger partial charge in [0.25, 0.3) is 5.91 Å². The first kappa shape index (κ1) is 13.7. The van der Waals surface area contributed by atoms with Crippen LogP contribution in [0.3, 0.4) is 0 Å². The lowest BCUT2D eigenvalue weighted by atomic mass is 10.0. The van der Waals surface area contributed by atoms with Gasteiger partial charge in [-0.1, -0.05) is 20.8 Å². The molecule has 5 nitrogen and oxygen atoms in total. The molecule has 1 heterocycles. The number of nitrogens with one attached hydrogen (secondary N) is 1. The van der Waals surface area contributed by atoms with Crippen molar-refractivity contribution in [2.24, 2.45) is 11.7 Å². The van der Waals surface area contributed by atoms with Gasteiger partial charge in [0.1, 0.15) is 6.26 Å². The van der Waals surface area contributed by atoms with Gasteiger partial charge in [-0.2, -0.15) is 0 Å². The molecule has 17 heavy (non-hydrogen) atoms. The monoisotopic (exact) mass is 239 g/mol. The van der Waals surface area contributed by atoms with Crippen LogP contribution in [-0.2, 0) is 0 Å². The topological polar surface area (TPSA) is 81.2 Å². The van der Waals surface area contributed by atoms with Gasteiger partial charge in [-0.25, -0.2) is 4.98 Å². The van der Waals surface area contributed by atoms with E-state index in [0.717, 1.165) is 12.8 Å². The molecule has 0 saturated carbocycles. The van der Waals surface area contributed by atoms with Crippen LogP contribution in [0.2, 0.25) is 0 Å². The number of hydrogen-bond acceptors (Lipinski definition) is 4. The van der Waals surface area contributed by atoms with Crippen LogP contribution in [0.1, 0.15) is 56.0 Å². The lowest BCUT2D eigenvalue weighted by Crippen LogP contribution is -2.24. The Morgan fingerprint density at radius 2 is 2.29 bits per heavy atom. The van der Waals surface area contributed by atoms with Crippen molar-refractivity contribution < 1.29 is 9.21 Å². The standard InChI is InChI=1S/C12H21N3O2/c1-4-5-14-11(16)10-7-17-12(15-10)9(13)6-8(2)3/h7-9H,4-6,13H2,1-3H3,(H,14,16). The molecule has 0 saturated heterocycles. The number of rotatable bonds is 6. The Morgan fingerprint density at radius 3 is 2.88 bits per heavy atom. The number of carbonyl (C=O) groups excluding carboxylic acids is 1. The second-order valence-corrected chi connectivity index (χ2v) is 4.56. The molecule has 0 aliphatic rings. The number of amides is 1. The van der Waals surface area contributed by atoms with Gasteiger partial charge in [0.05, 0.1) is 6.04 Å².